The lowest BCUT2D eigenvalue weighted by atomic mass is 9.75. The highest BCUT2D eigenvalue weighted by Gasteiger charge is 2.40. The molecule has 176 valence electrons. The second kappa shape index (κ2) is 10.6. The van der Waals surface area contributed by atoms with Crippen LogP contribution in [0.4, 0.5) is 0 Å². The molecule has 7 heteroatoms. The van der Waals surface area contributed by atoms with E-state index in [1.54, 1.807) is 24.3 Å². The fraction of sp³-hybridized carbons (Fsp3) is 0.462. The van der Waals surface area contributed by atoms with Crippen molar-refractivity contribution in [1.29, 1.82) is 0 Å². The minimum absolute atomic E-state index is 0.0135. The first-order valence-corrected chi connectivity index (χ1v) is 12.0. The molecule has 0 saturated carbocycles. The molecule has 0 aromatic heterocycles. The van der Waals surface area contributed by atoms with E-state index in [2.05, 4.69) is 11.9 Å². The summed E-state index contributed by atoms with van der Waals surface area (Å²) >= 11 is 6.08. The van der Waals surface area contributed by atoms with Gasteiger partial charge in [-0.1, -0.05) is 35.9 Å². The van der Waals surface area contributed by atoms with E-state index in [4.69, 9.17) is 16.3 Å². The third-order valence-electron chi connectivity index (χ3n) is 6.85. The molecule has 0 aliphatic carbocycles. The van der Waals surface area contributed by atoms with Gasteiger partial charge in [0.05, 0.1) is 6.61 Å². The van der Waals surface area contributed by atoms with Gasteiger partial charge in [-0.05, 0) is 50.2 Å². The van der Waals surface area contributed by atoms with Gasteiger partial charge in [0.25, 0.3) is 5.91 Å². The molecular formula is C26H32ClN3O3. The van der Waals surface area contributed by atoms with E-state index < -0.39 is 0 Å². The van der Waals surface area contributed by atoms with Crippen LogP contribution in [-0.2, 0) is 4.79 Å². The predicted molar refractivity (Wildman–Crippen MR) is 130 cm³/mol. The fourth-order valence-electron chi connectivity index (χ4n) is 4.60. The number of halogens is 1. The van der Waals surface area contributed by atoms with Crippen LogP contribution in [0.2, 0.25) is 5.02 Å². The van der Waals surface area contributed by atoms with Gasteiger partial charge in [-0.15, -0.1) is 0 Å². The van der Waals surface area contributed by atoms with Crippen LogP contribution in [0.25, 0.3) is 0 Å². The molecular weight excluding hydrogens is 438 g/mol. The Morgan fingerprint density at radius 3 is 2.27 bits per heavy atom. The van der Waals surface area contributed by atoms with Crippen LogP contribution in [0, 0.1) is 5.41 Å². The number of benzene rings is 2. The number of nitrogens with zero attached hydrogens (tertiary/aromatic N) is 3. The zero-order valence-corrected chi connectivity index (χ0v) is 20.0. The average Bonchev–Trinajstić information content (AvgIpc) is 2.84. The van der Waals surface area contributed by atoms with Crippen molar-refractivity contribution in [3.05, 3.63) is 65.2 Å². The molecule has 0 N–H and O–H groups in total. The molecule has 2 aromatic rings. The van der Waals surface area contributed by atoms with Gasteiger partial charge in [0.15, 0.2) is 0 Å². The number of likely N-dealkylation sites (tertiary alicyclic amines) is 1. The number of amides is 2. The maximum absolute atomic E-state index is 13.2. The Labute approximate surface area is 201 Å². The molecule has 2 heterocycles. The fourth-order valence-corrected chi connectivity index (χ4v) is 4.79. The Balaban J connectivity index is 1.44. The molecule has 2 aliphatic heterocycles. The summed E-state index contributed by atoms with van der Waals surface area (Å²) in [5.41, 5.74) is 0.311. The molecule has 0 unspecified atom stereocenters. The Kier molecular flexibility index (Phi) is 7.56. The van der Waals surface area contributed by atoms with Crippen molar-refractivity contribution in [2.75, 3.05) is 52.9 Å². The van der Waals surface area contributed by atoms with Gasteiger partial charge in [0, 0.05) is 61.7 Å². The Bertz CT molecular complexity index is 952. The number of para-hydroxylation sites is 1. The van der Waals surface area contributed by atoms with E-state index in [0.717, 1.165) is 44.8 Å². The van der Waals surface area contributed by atoms with Crippen LogP contribution in [0.3, 0.4) is 0 Å². The van der Waals surface area contributed by atoms with Gasteiger partial charge in [0.1, 0.15) is 5.75 Å². The zero-order chi connectivity index (χ0) is 23.3. The molecule has 0 bridgehead atoms. The monoisotopic (exact) mass is 469 g/mol. The highest BCUT2D eigenvalue weighted by Crippen LogP contribution is 2.37. The minimum Gasteiger partial charge on any atom is -0.493 e. The first kappa shape index (κ1) is 23.6. The summed E-state index contributed by atoms with van der Waals surface area (Å²) in [7, 11) is 2.09. The Hall–Kier alpha value is -2.57. The lowest BCUT2D eigenvalue weighted by Crippen LogP contribution is -2.51. The van der Waals surface area contributed by atoms with Crippen molar-refractivity contribution in [2.45, 2.75) is 19.3 Å². The number of piperazine rings is 1. The van der Waals surface area contributed by atoms with Gasteiger partial charge in [0.2, 0.25) is 5.91 Å². The number of hydrogen-bond acceptors (Lipinski definition) is 4. The second-order valence-electron chi connectivity index (χ2n) is 9.27. The summed E-state index contributed by atoms with van der Waals surface area (Å²) in [6, 6.07) is 16.8. The number of ether oxygens (including phenoxy) is 1. The molecule has 0 atom stereocenters. The van der Waals surface area contributed by atoms with Gasteiger partial charge < -0.3 is 19.4 Å². The zero-order valence-electron chi connectivity index (χ0n) is 19.2. The maximum atomic E-state index is 13.2. The van der Waals surface area contributed by atoms with Gasteiger partial charge in [-0.2, -0.15) is 0 Å². The summed E-state index contributed by atoms with van der Waals surface area (Å²) in [6.07, 6.45) is 1.90. The predicted octanol–water partition coefficient (Wildman–Crippen LogP) is 3.81. The van der Waals surface area contributed by atoms with E-state index in [1.165, 1.54) is 0 Å². The molecule has 2 amide bonds. The number of likely N-dealkylation sites (N-methyl/N-ethyl adjacent to an activating group) is 1. The summed E-state index contributed by atoms with van der Waals surface area (Å²) in [5.74, 6) is 0.983. The number of hydrogen-bond donors (Lipinski definition) is 0. The molecule has 0 radical (unpaired) electrons. The van der Waals surface area contributed by atoms with Crippen molar-refractivity contribution in [1.82, 2.24) is 14.7 Å². The molecule has 2 fully saturated rings. The third kappa shape index (κ3) is 6.06. The Morgan fingerprint density at radius 2 is 1.61 bits per heavy atom. The highest BCUT2D eigenvalue weighted by molar-refractivity contribution is 6.30. The van der Waals surface area contributed by atoms with E-state index in [0.29, 0.717) is 36.7 Å². The lowest BCUT2D eigenvalue weighted by Gasteiger charge is -2.42. The van der Waals surface area contributed by atoms with Crippen LogP contribution in [-0.4, -0.2) is 79.4 Å². The second-order valence-corrected chi connectivity index (χ2v) is 9.70. The Morgan fingerprint density at radius 1 is 0.909 bits per heavy atom. The van der Waals surface area contributed by atoms with Crippen LogP contribution in [0.5, 0.6) is 5.75 Å². The molecule has 33 heavy (non-hydrogen) atoms. The first-order valence-electron chi connectivity index (χ1n) is 11.6. The summed E-state index contributed by atoms with van der Waals surface area (Å²) in [6.45, 7) is 5.01. The molecule has 6 nitrogen and oxygen atoms in total. The largest absolute Gasteiger partial charge is 0.493 e. The topological polar surface area (TPSA) is 53.1 Å². The quantitative estimate of drug-likeness (QED) is 0.645. The van der Waals surface area contributed by atoms with Gasteiger partial charge >= 0.3 is 0 Å². The summed E-state index contributed by atoms with van der Waals surface area (Å²) < 4.78 is 6.15. The van der Waals surface area contributed by atoms with Crippen LogP contribution in [0.15, 0.2) is 54.6 Å². The van der Waals surface area contributed by atoms with Crippen LogP contribution in [0.1, 0.15) is 29.6 Å². The lowest BCUT2D eigenvalue weighted by molar-refractivity contribution is -0.136. The number of rotatable bonds is 6. The van der Waals surface area contributed by atoms with Crippen molar-refractivity contribution in [2.24, 2.45) is 5.41 Å². The van der Waals surface area contributed by atoms with Crippen molar-refractivity contribution >= 4 is 23.4 Å². The summed E-state index contributed by atoms with van der Waals surface area (Å²) in [5, 5.41) is 0.557. The van der Waals surface area contributed by atoms with Gasteiger partial charge in [-0.25, -0.2) is 0 Å². The van der Waals surface area contributed by atoms with E-state index >= 15 is 0 Å². The molecule has 0 spiro atoms. The van der Waals surface area contributed by atoms with Crippen molar-refractivity contribution in [3.63, 3.8) is 0 Å². The van der Waals surface area contributed by atoms with Crippen molar-refractivity contribution < 1.29 is 14.3 Å². The number of piperidine rings is 1. The number of carbonyl (C=O) groups excluding carboxylic acids is 2. The smallest absolute Gasteiger partial charge is 0.253 e. The summed E-state index contributed by atoms with van der Waals surface area (Å²) in [4.78, 5) is 32.3. The van der Waals surface area contributed by atoms with Crippen LogP contribution < -0.4 is 4.74 Å². The normalized spacial score (nSPS) is 18.7. The highest BCUT2D eigenvalue weighted by atomic mass is 35.5. The molecule has 2 saturated heterocycles. The minimum atomic E-state index is -0.290. The SMILES string of the molecule is CN1CCN(C(=O)CC2(COc3ccccc3)CCN(C(=O)c3cccc(Cl)c3)CC2)CC1. The average molecular weight is 470 g/mol. The molecule has 2 aromatic carbocycles. The van der Waals surface area contributed by atoms with Crippen LogP contribution >= 0.6 is 11.6 Å². The van der Waals surface area contributed by atoms with Gasteiger partial charge in [-0.3, -0.25) is 9.59 Å². The van der Waals surface area contributed by atoms with E-state index in [-0.39, 0.29) is 17.2 Å². The third-order valence-corrected chi connectivity index (χ3v) is 7.09. The maximum Gasteiger partial charge on any atom is 0.253 e. The molecule has 4 rings (SSSR count). The standard InChI is InChI=1S/C26H32ClN3O3/c1-28-14-16-29(17-15-28)24(31)19-26(20-33-23-8-3-2-4-9-23)10-12-30(13-11-26)25(32)21-6-5-7-22(27)18-21/h2-9,18H,10-17,19-20H2,1H3. The van der Waals surface area contributed by atoms with E-state index in [9.17, 15) is 9.59 Å². The van der Waals surface area contributed by atoms with Crippen molar-refractivity contribution in [3.8, 4) is 5.75 Å². The number of carbonyl (C=O) groups is 2. The molecule has 2 aliphatic rings. The first-order chi connectivity index (χ1) is 15.9. The van der Waals surface area contributed by atoms with E-state index in [1.807, 2.05) is 40.1 Å².